The van der Waals surface area contributed by atoms with Gasteiger partial charge in [0.2, 0.25) is 5.91 Å². The van der Waals surface area contributed by atoms with Crippen LogP contribution in [-0.2, 0) is 11.0 Å². The van der Waals surface area contributed by atoms with Gasteiger partial charge in [0.25, 0.3) is 0 Å². The Morgan fingerprint density at radius 1 is 1.15 bits per heavy atom. The molecule has 3 N–H and O–H groups in total. The minimum atomic E-state index is -4.37. The van der Waals surface area contributed by atoms with Gasteiger partial charge in [-0.25, -0.2) is 0 Å². The molecule has 140 valence electrons. The van der Waals surface area contributed by atoms with Crippen LogP contribution in [0.3, 0.4) is 0 Å². The van der Waals surface area contributed by atoms with Crippen LogP contribution in [0.2, 0.25) is 0 Å². The van der Waals surface area contributed by atoms with Crippen LogP contribution in [0.5, 0.6) is 0 Å². The molecule has 26 heavy (non-hydrogen) atoms. The van der Waals surface area contributed by atoms with Crippen LogP contribution in [0.15, 0.2) is 54.6 Å². The van der Waals surface area contributed by atoms with Crippen molar-refractivity contribution in [3.63, 3.8) is 0 Å². The van der Waals surface area contributed by atoms with Crippen molar-refractivity contribution in [2.75, 3.05) is 6.54 Å². The van der Waals surface area contributed by atoms with E-state index in [9.17, 15) is 18.0 Å². The van der Waals surface area contributed by atoms with Gasteiger partial charge in [0.1, 0.15) is 0 Å². The lowest BCUT2D eigenvalue weighted by Gasteiger charge is -2.13. The second-order valence-corrected chi connectivity index (χ2v) is 6.33. The van der Waals surface area contributed by atoms with Crippen LogP contribution in [0.4, 0.5) is 13.2 Å². The summed E-state index contributed by atoms with van der Waals surface area (Å²) in [7, 11) is 0. The minimum Gasteiger partial charge on any atom is -0.354 e. The summed E-state index contributed by atoms with van der Waals surface area (Å²) in [6.07, 6.45) is -3.81. The molecule has 0 saturated heterocycles. The Bertz CT molecular complexity index is 752. The van der Waals surface area contributed by atoms with Crippen molar-refractivity contribution in [2.45, 2.75) is 24.6 Å². The molecule has 1 aliphatic carbocycles. The van der Waals surface area contributed by atoms with Crippen molar-refractivity contribution in [3.8, 4) is 0 Å². The van der Waals surface area contributed by atoms with Crippen LogP contribution in [0, 0.1) is 5.92 Å². The number of benzene rings is 2. The fourth-order valence-corrected chi connectivity index (χ4v) is 2.96. The summed E-state index contributed by atoms with van der Waals surface area (Å²) in [5, 5.41) is 2.80. The molecule has 2 aromatic rings. The molecular weight excluding hydrogens is 365 g/mol. The molecule has 1 fully saturated rings. The maximum atomic E-state index is 12.8. The maximum Gasteiger partial charge on any atom is 0.416 e. The van der Waals surface area contributed by atoms with E-state index in [0.29, 0.717) is 18.5 Å². The first-order valence-electron chi connectivity index (χ1n) is 8.11. The van der Waals surface area contributed by atoms with Crippen molar-refractivity contribution < 1.29 is 18.0 Å². The van der Waals surface area contributed by atoms with Gasteiger partial charge >= 0.3 is 6.18 Å². The number of carbonyl (C=O) groups excluding carboxylic acids is 1. The van der Waals surface area contributed by atoms with E-state index in [1.165, 1.54) is 6.07 Å². The molecule has 0 spiro atoms. The average molecular weight is 385 g/mol. The summed E-state index contributed by atoms with van der Waals surface area (Å²) in [6.45, 7) is 0.300. The minimum absolute atomic E-state index is 0. The zero-order valence-corrected chi connectivity index (χ0v) is 14.7. The smallest absolute Gasteiger partial charge is 0.354 e. The number of halogens is 4. The monoisotopic (exact) mass is 384 g/mol. The van der Waals surface area contributed by atoms with Gasteiger partial charge in [-0.1, -0.05) is 48.5 Å². The summed E-state index contributed by atoms with van der Waals surface area (Å²) >= 11 is 0. The third kappa shape index (κ3) is 4.77. The molecule has 3 atom stereocenters. The van der Waals surface area contributed by atoms with Crippen molar-refractivity contribution in [3.05, 3.63) is 71.3 Å². The Balaban J connectivity index is 0.00000243. The van der Waals surface area contributed by atoms with Gasteiger partial charge < -0.3 is 11.1 Å². The Hall–Kier alpha value is -2.05. The highest BCUT2D eigenvalue weighted by Gasteiger charge is 2.44. The molecule has 1 saturated carbocycles. The van der Waals surface area contributed by atoms with Crippen molar-refractivity contribution in [2.24, 2.45) is 11.7 Å². The second-order valence-electron chi connectivity index (χ2n) is 6.33. The number of nitrogens with two attached hydrogens (primary N) is 1. The van der Waals surface area contributed by atoms with Crippen LogP contribution >= 0.6 is 12.4 Å². The summed E-state index contributed by atoms with van der Waals surface area (Å²) in [5.74, 6) is -0.601. The summed E-state index contributed by atoms with van der Waals surface area (Å²) in [6, 6.07) is 14.3. The predicted molar refractivity (Wildman–Crippen MR) is 95.9 cm³/mol. The van der Waals surface area contributed by atoms with Gasteiger partial charge in [-0.05, 0) is 29.5 Å². The fourth-order valence-electron chi connectivity index (χ4n) is 2.96. The molecule has 0 bridgehead atoms. The fraction of sp³-hybridized carbons (Fsp3) is 0.316. The molecule has 1 aliphatic rings. The lowest BCUT2D eigenvalue weighted by molar-refractivity contribution is -0.137. The van der Waals surface area contributed by atoms with Crippen LogP contribution < -0.4 is 11.1 Å². The molecule has 2 aromatic carbocycles. The number of hydrogen-bond donors (Lipinski definition) is 2. The highest BCUT2D eigenvalue weighted by molar-refractivity contribution is 5.85. The normalized spacial score (nSPS) is 20.0. The molecule has 3 unspecified atom stereocenters. The number of nitrogens with one attached hydrogen (secondary N) is 1. The van der Waals surface area contributed by atoms with E-state index in [1.54, 1.807) is 6.07 Å². The van der Waals surface area contributed by atoms with E-state index in [2.05, 4.69) is 5.32 Å². The van der Waals surface area contributed by atoms with Crippen LogP contribution in [-0.4, -0.2) is 12.5 Å². The van der Waals surface area contributed by atoms with Crippen molar-refractivity contribution in [1.82, 2.24) is 5.32 Å². The topological polar surface area (TPSA) is 55.1 Å². The molecule has 7 heteroatoms. The average Bonchev–Trinajstić information content (AvgIpc) is 3.40. The molecule has 1 amide bonds. The number of carbonyl (C=O) groups is 1. The van der Waals surface area contributed by atoms with Gasteiger partial charge in [0.15, 0.2) is 0 Å². The zero-order chi connectivity index (χ0) is 18.0. The lowest BCUT2D eigenvalue weighted by atomic mass is 10.0. The Morgan fingerprint density at radius 2 is 1.85 bits per heavy atom. The molecule has 0 radical (unpaired) electrons. The Labute approximate surface area is 156 Å². The van der Waals surface area contributed by atoms with E-state index < -0.39 is 11.7 Å². The van der Waals surface area contributed by atoms with Gasteiger partial charge in [0, 0.05) is 18.5 Å². The van der Waals surface area contributed by atoms with Gasteiger partial charge in [-0.3, -0.25) is 4.79 Å². The molecule has 0 aliphatic heterocycles. The van der Waals surface area contributed by atoms with Crippen molar-refractivity contribution in [1.29, 1.82) is 0 Å². The summed E-state index contributed by atoms with van der Waals surface area (Å²) < 4.78 is 38.4. The first-order valence-corrected chi connectivity index (χ1v) is 8.11. The Morgan fingerprint density at radius 3 is 2.50 bits per heavy atom. The quantitative estimate of drug-likeness (QED) is 0.817. The van der Waals surface area contributed by atoms with Gasteiger partial charge in [-0.2, -0.15) is 13.2 Å². The standard InChI is InChI=1S/C19H19F3N2O.ClH/c20-19(21,22)14-8-4-7-13(9-14)15-10-16(15)18(25)24-11-17(23)12-5-2-1-3-6-12;/h1-9,15-17H,10-11,23H2,(H,24,25);1H. The van der Waals surface area contributed by atoms with Gasteiger partial charge in [-0.15, -0.1) is 12.4 Å². The second kappa shape index (κ2) is 8.10. The molecule has 3 nitrogen and oxygen atoms in total. The first kappa shape index (κ1) is 20.3. The van der Waals surface area contributed by atoms with E-state index in [-0.39, 0.29) is 36.2 Å². The molecule has 0 heterocycles. The lowest BCUT2D eigenvalue weighted by Crippen LogP contribution is -2.33. The maximum absolute atomic E-state index is 12.8. The van der Waals surface area contributed by atoms with Crippen LogP contribution in [0.1, 0.15) is 35.1 Å². The third-order valence-corrected chi connectivity index (χ3v) is 4.49. The van der Waals surface area contributed by atoms with E-state index in [0.717, 1.165) is 17.7 Å². The first-order chi connectivity index (χ1) is 11.9. The summed E-state index contributed by atoms with van der Waals surface area (Å²) in [4.78, 5) is 12.2. The SMILES string of the molecule is Cl.NC(CNC(=O)C1CC1c1cccc(C(F)(F)F)c1)c1ccccc1. The third-order valence-electron chi connectivity index (χ3n) is 4.49. The Kier molecular flexibility index (Phi) is 6.31. The number of alkyl halides is 3. The molecular formula is C19H20ClF3N2O. The summed E-state index contributed by atoms with van der Waals surface area (Å²) in [5.41, 5.74) is 6.84. The number of amides is 1. The largest absolute Gasteiger partial charge is 0.416 e. The number of hydrogen-bond acceptors (Lipinski definition) is 2. The highest BCUT2D eigenvalue weighted by Crippen LogP contribution is 2.48. The van der Waals surface area contributed by atoms with E-state index >= 15 is 0 Å². The zero-order valence-electron chi connectivity index (χ0n) is 13.9. The molecule has 3 rings (SSSR count). The molecule has 0 aromatic heterocycles. The van der Waals surface area contributed by atoms with E-state index in [4.69, 9.17) is 5.73 Å². The number of rotatable bonds is 5. The van der Waals surface area contributed by atoms with Crippen molar-refractivity contribution >= 4 is 18.3 Å². The highest BCUT2D eigenvalue weighted by atomic mass is 35.5. The van der Waals surface area contributed by atoms with Gasteiger partial charge in [0.05, 0.1) is 5.56 Å². The van der Waals surface area contributed by atoms with Crippen LogP contribution in [0.25, 0.3) is 0 Å². The van der Waals surface area contributed by atoms with E-state index in [1.807, 2.05) is 30.3 Å². The predicted octanol–water partition coefficient (Wildman–Crippen LogP) is 4.05.